The fourth-order valence-electron chi connectivity index (χ4n) is 4.16. The summed E-state index contributed by atoms with van der Waals surface area (Å²) in [6.07, 6.45) is 8.64. The van der Waals surface area contributed by atoms with Gasteiger partial charge in [0.15, 0.2) is 0 Å². The van der Waals surface area contributed by atoms with Crippen LogP contribution in [0.2, 0.25) is 0 Å². The lowest BCUT2D eigenvalue weighted by Crippen LogP contribution is -2.60. The molecule has 3 heteroatoms. The van der Waals surface area contributed by atoms with Crippen molar-refractivity contribution < 1.29 is 9.90 Å². The summed E-state index contributed by atoms with van der Waals surface area (Å²) in [5.41, 5.74) is 0.603. The Bertz CT molecular complexity index is 288. The molecule has 0 aromatic heterocycles. The number of hydrogen-bond donors (Lipinski definition) is 1. The molecule has 0 bridgehead atoms. The maximum Gasteiger partial charge on any atom is 0.308 e. The van der Waals surface area contributed by atoms with E-state index in [-0.39, 0.29) is 5.92 Å². The molecule has 0 amide bonds. The van der Waals surface area contributed by atoms with E-state index in [4.69, 9.17) is 0 Å². The molecule has 1 heterocycles. The van der Waals surface area contributed by atoms with Crippen molar-refractivity contribution in [1.29, 1.82) is 0 Å². The van der Waals surface area contributed by atoms with Crippen LogP contribution in [-0.4, -0.2) is 35.1 Å². The Morgan fingerprint density at radius 1 is 1.12 bits per heavy atom. The van der Waals surface area contributed by atoms with E-state index in [1.54, 1.807) is 0 Å². The minimum atomic E-state index is -0.574. The second-order valence-corrected chi connectivity index (χ2v) is 6.06. The van der Waals surface area contributed by atoms with Gasteiger partial charge in [-0.05, 0) is 31.1 Å². The third-order valence-electron chi connectivity index (χ3n) is 5.01. The van der Waals surface area contributed by atoms with E-state index in [0.29, 0.717) is 11.5 Å². The molecule has 1 saturated heterocycles. The zero-order chi connectivity index (χ0) is 11.2. The van der Waals surface area contributed by atoms with Crippen LogP contribution >= 0.6 is 0 Å². The van der Waals surface area contributed by atoms with Crippen LogP contribution in [0.4, 0.5) is 0 Å². The molecule has 3 fully saturated rings. The van der Waals surface area contributed by atoms with Gasteiger partial charge in [0.05, 0.1) is 5.92 Å². The molecule has 2 unspecified atom stereocenters. The number of carbonyl (C=O) groups is 1. The highest BCUT2D eigenvalue weighted by molar-refractivity contribution is 5.71. The maximum atomic E-state index is 11.1. The van der Waals surface area contributed by atoms with E-state index in [0.717, 1.165) is 19.3 Å². The van der Waals surface area contributed by atoms with E-state index in [1.165, 1.54) is 38.8 Å². The number of hydrogen-bond acceptors (Lipinski definition) is 2. The van der Waals surface area contributed by atoms with Crippen LogP contribution in [0.5, 0.6) is 0 Å². The molecule has 3 rings (SSSR count). The van der Waals surface area contributed by atoms with Crippen LogP contribution in [-0.2, 0) is 4.79 Å². The SMILES string of the molecule is O=C(O)C1CCCC1N1CC2(CCCC2)C1. The van der Waals surface area contributed by atoms with Crippen molar-refractivity contribution in [2.75, 3.05) is 13.1 Å². The maximum absolute atomic E-state index is 11.1. The number of likely N-dealkylation sites (tertiary alicyclic amines) is 1. The lowest BCUT2D eigenvalue weighted by molar-refractivity contribution is -0.145. The fourth-order valence-corrected chi connectivity index (χ4v) is 4.16. The lowest BCUT2D eigenvalue weighted by Gasteiger charge is -2.52. The largest absolute Gasteiger partial charge is 0.481 e. The Morgan fingerprint density at radius 3 is 2.44 bits per heavy atom. The van der Waals surface area contributed by atoms with Gasteiger partial charge >= 0.3 is 5.97 Å². The molecular formula is C13H21NO2. The highest BCUT2D eigenvalue weighted by atomic mass is 16.4. The summed E-state index contributed by atoms with van der Waals surface area (Å²) in [7, 11) is 0. The molecule has 2 aliphatic carbocycles. The molecule has 1 aliphatic heterocycles. The smallest absolute Gasteiger partial charge is 0.308 e. The van der Waals surface area contributed by atoms with Crippen molar-refractivity contribution in [3.05, 3.63) is 0 Å². The summed E-state index contributed by atoms with van der Waals surface area (Å²) in [6, 6.07) is 0.351. The van der Waals surface area contributed by atoms with E-state index < -0.39 is 5.97 Å². The quantitative estimate of drug-likeness (QED) is 0.779. The molecule has 0 aromatic rings. The van der Waals surface area contributed by atoms with Gasteiger partial charge in [0, 0.05) is 19.1 Å². The van der Waals surface area contributed by atoms with Gasteiger partial charge in [-0.25, -0.2) is 0 Å². The minimum Gasteiger partial charge on any atom is -0.481 e. The molecule has 1 spiro atoms. The van der Waals surface area contributed by atoms with E-state index in [9.17, 15) is 9.90 Å². The molecule has 1 N–H and O–H groups in total. The van der Waals surface area contributed by atoms with Gasteiger partial charge in [-0.15, -0.1) is 0 Å². The average Bonchev–Trinajstić information content (AvgIpc) is 2.83. The summed E-state index contributed by atoms with van der Waals surface area (Å²) in [5, 5.41) is 9.18. The third-order valence-corrected chi connectivity index (χ3v) is 5.01. The minimum absolute atomic E-state index is 0.0845. The van der Waals surface area contributed by atoms with E-state index in [2.05, 4.69) is 4.90 Å². The molecule has 16 heavy (non-hydrogen) atoms. The Hall–Kier alpha value is -0.570. The third kappa shape index (κ3) is 1.56. The zero-order valence-electron chi connectivity index (χ0n) is 9.82. The molecule has 2 atom stereocenters. The highest BCUT2D eigenvalue weighted by Gasteiger charge is 2.49. The standard InChI is InChI=1S/C13H21NO2/c15-12(16)10-4-3-5-11(10)14-8-13(9-14)6-1-2-7-13/h10-11H,1-9H2,(H,15,16). The normalized spacial score (nSPS) is 37.8. The Labute approximate surface area is 96.8 Å². The number of rotatable bonds is 2. The first kappa shape index (κ1) is 10.6. The van der Waals surface area contributed by atoms with E-state index >= 15 is 0 Å². The van der Waals surface area contributed by atoms with Crippen molar-refractivity contribution in [1.82, 2.24) is 4.90 Å². The van der Waals surface area contributed by atoms with Gasteiger partial charge in [0.1, 0.15) is 0 Å². The molecule has 0 aromatic carbocycles. The predicted molar refractivity (Wildman–Crippen MR) is 61.2 cm³/mol. The first-order valence-electron chi connectivity index (χ1n) is 6.67. The molecule has 3 aliphatic rings. The summed E-state index contributed by atoms with van der Waals surface area (Å²) in [5.74, 6) is -0.659. The molecule has 2 saturated carbocycles. The summed E-state index contributed by atoms with van der Waals surface area (Å²) >= 11 is 0. The topological polar surface area (TPSA) is 40.5 Å². The van der Waals surface area contributed by atoms with Crippen LogP contribution in [0.25, 0.3) is 0 Å². The van der Waals surface area contributed by atoms with Crippen molar-refractivity contribution in [3.63, 3.8) is 0 Å². The second-order valence-electron chi connectivity index (χ2n) is 6.06. The summed E-state index contributed by atoms with van der Waals surface area (Å²) < 4.78 is 0. The summed E-state index contributed by atoms with van der Waals surface area (Å²) in [6.45, 7) is 2.36. The zero-order valence-corrected chi connectivity index (χ0v) is 9.82. The second kappa shape index (κ2) is 3.73. The van der Waals surface area contributed by atoms with Crippen molar-refractivity contribution in [2.45, 2.75) is 51.0 Å². The number of carboxylic acids is 1. The Morgan fingerprint density at radius 2 is 1.81 bits per heavy atom. The number of carboxylic acid groups (broad SMARTS) is 1. The first-order valence-corrected chi connectivity index (χ1v) is 6.67. The van der Waals surface area contributed by atoms with Crippen LogP contribution in [0, 0.1) is 11.3 Å². The first-order chi connectivity index (χ1) is 7.70. The van der Waals surface area contributed by atoms with Crippen molar-refractivity contribution in [2.24, 2.45) is 11.3 Å². The molecule has 3 nitrogen and oxygen atoms in total. The molecule has 90 valence electrons. The van der Waals surface area contributed by atoms with Gasteiger partial charge < -0.3 is 5.11 Å². The molecular weight excluding hydrogens is 202 g/mol. The number of nitrogens with zero attached hydrogens (tertiary/aromatic N) is 1. The Balaban J connectivity index is 1.61. The lowest BCUT2D eigenvalue weighted by atomic mass is 9.76. The van der Waals surface area contributed by atoms with Crippen molar-refractivity contribution in [3.8, 4) is 0 Å². The van der Waals surface area contributed by atoms with Crippen LogP contribution < -0.4 is 0 Å². The number of aliphatic carboxylic acids is 1. The fraction of sp³-hybridized carbons (Fsp3) is 0.923. The van der Waals surface area contributed by atoms with Gasteiger partial charge in [-0.2, -0.15) is 0 Å². The van der Waals surface area contributed by atoms with Gasteiger partial charge in [0.2, 0.25) is 0 Å². The van der Waals surface area contributed by atoms with Gasteiger partial charge in [0.25, 0.3) is 0 Å². The van der Waals surface area contributed by atoms with Crippen LogP contribution in [0.15, 0.2) is 0 Å². The average molecular weight is 223 g/mol. The highest BCUT2D eigenvalue weighted by Crippen LogP contribution is 2.48. The monoisotopic (exact) mass is 223 g/mol. The Kier molecular flexibility index (Phi) is 2.46. The van der Waals surface area contributed by atoms with Crippen molar-refractivity contribution >= 4 is 5.97 Å². The van der Waals surface area contributed by atoms with Gasteiger partial charge in [-0.3, -0.25) is 9.69 Å². The van der Waals surface area contributed by atoms with Crippen LogP contribution in [0.3, 0.4) is 0 Å². The molecule has 0 radical (unpaired) electrons. The van der Waals surface area contributed by atoms with E-state index in [1.807, 2.05) is 0 Å². The van der Waals surface area contributed by atoms with Crippen LogP contribution in [0.1, 0.15) is 44.9 Å². The van der Waals surface area contributed by atoms with Gasteiger partial charge in [-0.1, -0.05) is 19.3 Å². The summed E-state index contributed by atoms with van der Waals surface area (Å²) in [4.78, 5) is 13.6. The predicted octanol–water partition coefficient (Wildman–Crippen LogP) is 2.12.